The predicted molar refractivity (Wildman–Crippen MR) is 32.9 cm³/mol. The summed E-state index contributed by atoms with van der Waals surface area (Å²) in [6.45, 7) is 0. The van der Waals surface area contributed by atoms with Crippen LogP contribution in [0.3, 0.4) is 0 Å². The molecule has 0 bridgehead atoms. The van der Waals surface area contributed by atoms with Crippen LogP contribution in [0.2, 0.25) is 0 Å². The molecule has 44 valence electrons. The molecule has 2 rings (SSSR count). The van der Waals surface area contributed by atoms with E-state index in [0.29, 0.717) is 0 Å². The lowest BCUT2D eigenvalue weighted by Crippen LogP contribution is -1.72. The SMILES string of the molecule is c1ncc2c[n-]cc2n1. The standard InChI is InChI=1S/C6H4N3/c1-5-2-8-4-9-6(5)3-7-1/h1-4H/q-1. The highest BCUT2D eigenvalue weighted by Gasteiger charge is 1.83. The minimum Gasteiger partial charge on any atom is -0.668 e. The molecule has 2 heterocycles. The molecule has 0 amide bonds. The van der Waals surface area contributed by atoms with Crippen LogP contribution >= 0.6 is 0 Å². The first-order valence-corrected chi connectivity index (χ1v) is 2.63. The van der Waals surface area contributed by atoms with Crippen molar-refractivity contribution in [2.24, 2.45) is 0 Å². The molecule has 0 aromatic carbocycles. The van der Waals surface area contributed by atoms with Gasteiger partial charge in [-0.15, -0.1) is 6.20 Å². The maximum absolute atomic E-state index is 3.97. The Morgan fingerprint density at radius 3 is 3.22 bits per heavy atom. The van der Waals surface area contributed by atoms with Crippen molar-refractivity contribution in [2.75, 3.05) is 0 Å². The molecule has 0 atom stereocenters. The molecule has 0 saturated carbocycles. The molecule has 0 N–H and O–H groups in total. The zero-order valence-corrected chi connectivity index (χ0v) is 4.65. The van der Waals surface area contributed by atoms with Gasteiger partial charge in [0.2, 0.25) is 0 Å². The van der Waals surface area contributed by atoms with E-state index in [1.54, 1.807) is 18.6 Å². The van der Waals surface area contributed by atoms with E-state index >= 15 is 0 Å². The average Bonchev–Trinajstić information content (AvgIpc) is 2.33. The molecule has 2 aromatic rings. The summed E-state index contributed by atoms with van der Waals surface area (Å²) in [4.78, 5) is 11.7. The Morgan fingerprint density at radius 2 is 2.33 bits per heavy atom. The lowest BCUT2D eigenvalue weighted by atomic mass is 10.4. The highest BCUT2D eigenvalue weighted by atomic mass is 14.8. The van der Waals surface area contributed by atoms with Gasteiger partial charge < -0.3 is 4.98 Å². The van der Waals surface area contributed by atoms with E-state index in [1.807, 2.05) is 0 Å². The topological polar surface area (TPSA) is 39.9 Å². The van der Waals surface area contributed by atoms with Crippen molar-refractivity contribution in [1.29, 1.82) is 0 Å². The van der Waals surface area contributed by atoms with E-state index in [-0.39, 0.29) is 0 Å². The van der Waals surface area contributed by atoms with Crippen LogP contribution in [0.4, 0.5) is 0 Å². The van der Waals surface area contributed by atoms with Crippen LogP contribution in [0.15, 0.2) is 24.9 Å². The third-order valence-electron chi connectivity index (χ3n) is 1.18. The van der Waals surface area contributed by atoms with Gasteiger partial charge in [0.1, 0.15) is 6.33 Å². The van der Waals surface area contributed by atoms with Gasteiger partial charge in [-0.1, -0.05) is 0 Å². The Bertz CT molecular complexity index is 282. The molecule has 0 spiro atoms. The van der Waals surface area contributed by atoms with Crippen LogP contribution in [-0.4, -0.2) is 9.97 Å². The summed E-state index contributed by atoms with van der Waals surface area (Å²) in [7, 11) is 0. The Morgan fingerprint density at radius 1 is 1.33 bits per heavy atom. The molecular formula is C6H4N3-. The van der Waals surface area contributed by atoms with Gasteiger partial charge >= 0.3 is 0 Å². The lowest BCUT2D eigenvalue weighted by Gasteiger charge is -1.84. The van der Waals surface area contributed by atoms with Crippen molar-refractivity contribution in [3.8, 4) is 0 Å². The molecule has 0 radical (unpaired) electrons. The Labute approximate surface area is 51.8 Å². The average molecular weight is 118 g/mol. The summed E-state index contributed by atoms with van der Waals surface area (Å²) < 4.78 is 0. The summed E-state index contributed by atoms with van der Waals surface area (Å²) in [5, 5.41) is 0.998. The molecule has 3 nitrogen and oxygen atoms in total. The fraction of sp³-hybridized carbons (Fsp3) is 0. The first kappa shape index (κ1) is 4.49. The zero-order chi connectivity index (χ0) is 6.10. The minimum absolute atomic E-state index is 0.907. The molecular weight excluding hydrogens is 114 g/mol. The number of hydrogen-bond donors (Lipinski definition) is 0. The zero-order valence-electron chi connectivity index (χ0n) is 4.65. The highest BCUT2D eigenvalue weighted by Crippen LogP contribution is 2.04. The first-order valence-electron chi connectivity index (χ1n) is 2.63. The highest BCUT2D eigenvalue weighted by molar-refractivity contribution is 5.76. The minimum atomic E-state index is 0.907. The van der Waals surface area contributed by atoms with E-state index in [2.05, 4.69) is 15.0 Å². The fourth-order valence-corrected chi connectivity index (χ4v) is 0.745. The molecule has 0 aliphatic carbocycles. The maximum Gasteiger partial charge on any atom is 0.115 e. The quantitative estimate of drug-likeness (QED) is 0.508. The molecule has 0 fully saturated rings. The lowest BCUT2D eigenvalue weighted by molar-refractivity contribution is 1.23. The summed E-state index contributed by atoms with van der Waals surface area (Å²) >= 11 is 0. The van der Waals surface area contributed by atoms with Gasteiger partial charge in [0.05, 0.1) is 0 Å². The molecule has 0 aliphatic heterocycles. The number of rotatable bonds is 0. The van der Waals surface area contributed by atoms with Crippen LogP contribution in [0.25, 0.3) is 10.9 Å². The number of hydrogen-bond acceptors (Lipinski definition) is 2. The molecule has 3 heteroatoms. The van der Waals surface area contributed by atoms with Gasteiger partial charge in [0.15, 0.2) is 0 Å². The Hall–Kier alpha value is -1.38. The summed E-state index contributed by atoms with van der Waals surface area (Å²) in [6, 6.07) is 0. The fourth-order valence-electron chi connectivity index (χ4n) is 0.745. The maximum atomic E-state index is 3.97. The third-order valence-corrected chi connectivity index (χ3v) is 1.18. The summed E-state index contributed by atoms with van der Waals surface area (Å²) in [5.74, 6) is 0. The molecule has 0 aliphatic rings. The summed E-state index contributed by atoms with van der Waals surface area (Å²) in [5.41, 5.74) is 0.907. The van der Waals surface area contributed by atoms with Crippen LogP contribution in [0.1, 0.15) is 0 Å². The second-order valence-corrected chi connectivity index (χ2v) is 1.77. The molecule has 9 heavy (non-hydrogen) atoms. The van der Waals surface area contributed by atoms with Crippen molar-refractivity contribution in [3.63, 3.8) is 0 Å². The van der Waals surface area contributed by atoms with Crippen molar-refractivity contribution in [3.05, 3.63) is 24.9 Å². The third kappa shape index (κ3) is 0.579. The van der Waals surface area contributed by atoms with E-state index in [1.165, 1.54) is 6.33 Å². The van der Waals surface area contributed by atoms with Crippen LogP contribution in [-0.2, 0) is 0 Å². The van der Waals surface area contributed by atoms with Gasteiger partial charge in [-0.25, -0.2) is 9.97 Å². The van der Waals surface area contributed by atoms with Crippen molar-refractivity contribution < 1.29 is 0 Å². The first-order chi connectivity index (χ1) is 4.47. The second kappa shape index (κ2) is 1.55. The van der Waals surface area contributed by atoms with Crippen LogP contribution < -0.4 is 4.98 Å². The van der Waals surface area contributed by atoms with Gasteiger partial charge in [-0.05, 0) is 5.39 Å². The van der Waals surface area contributed by atoms with Crippen LogP contribution in [0, 0.1) is 0 Å². The van der Waals surface area contributed by atoms with E-state index in [9.17, 15) is 0 Å². The molecule has 0 saturated heterocycles. The van der Waals surface area contributed by atoms with Gasteiger partial charge in [-0.2, -0.15) is 6.20 Å². The van der Waals surface area contributed by atoms with E-state index < -0.39 is 0 Å². The Kier molecular flexibility index (Phi) is 0.773. The van der Waals surface area contributed by atoms with Crippen molar-refractivity contribution >= 4 is 10.9 Å². The second-order valence-electron chi connectivity index (χ2n) is 1.77. The van der Waals surface area contributed by atoms with Crippen LogP contribution in [0.5, 0.6) is 0 Å². The smallest absolute Gasteiger partial charge is 0.115 e. The van der Waals surface area contributed by atoms with E-state index in [4.69, 9.17) is 0 Å². The monoisotopic (exact) mass is 118 g/mol. The predicted octanol–water partition coefficient (Wildman–Crippen LogP) is 0.587. The number of aromatic nitrogens is 3. The van der Waals surface area contributed by atoms with Crippen molar-refractivity contribution in [2.45, 2.75) is 0 Å². The molecule has 2 aromatic heterocycles. The van der Waals surface area contributed by atoms with Gasteiger partial charge in [0.25, 0.3) is 0 Å². The Balaban J connectivity index is 2.95. The van der Waals surface area contributed by atoms with Gasteiger partial charge in [-0.3, -0.25) is 0 Å². The van der Waals surface area contributed by atoms with Gasteiger partial charge in [0, 0.05) is 11.7 Å². The summed E-state index contributed by atoms with van der Waals surface area (Å²) in [6.07, 6.45) is 6.73. The largest absolute Gasteiger partial charge is 0.668 e. The normalized spacial score (nSPS) is 10.2. The van der Waals surface area contributed by atoms with E-state index in [0.717, 1.165) is 10.9 Å². The number of nitrogens with zero attached hydrogens (tertiary/aromatic N) is 3. The van der Waals surface area contributed by atoms with Crippen molar-refractivity contribution in [1.82, 2.24) is 15.0 Å². The number of fused-ring (bicyclic) bond motifs is 1. The molecule has 0 unspecified atom stereocenters.